The van der Waals surface area contributed by atoms with Crippen molar-refractivity contribution >= 4 is 34.5 Å². The highest BCUT2D eigenvalue weighted by Gasteiger charge is 2.24. The number of likely N-dealkylation sites (N-methyl/N-ethyl adjacent to an activating group) is 1. The number of thioether (sulfide) groups is 1. The van der Waals surface area contributed by atoms with E-state index in [1.54, 1.807) is 36.2 Å². The fourth-order valence-corrected chi connectivity index (χ4v) is 4.52. The van der Waals surface area contributed by atoms with Gasteiger partial charge in [0.05, 0.1) is 36.7 Å². The predicted octanol–water partition coefficient (Wildman–Crippen LogP) is 2.35. The van der Waals surface area contributed by atoms with E-state index in [2.05, 4.69) is 4.98 Å². The quantitative estimate of drug-likeness (QED) is 0.274. The molecule has 9 nitrogen and oxygen atoms in total. The van der Waals surface area contributed by atoms with Gasteiger partial charge < -0.3 is 19.1 Å². The average Bonchev–Trinajstić information content (AvgIpc) is 2.86. The molecule has 1 atom stereocenters. The second-order valence-corrected chi connectivity index (χ2v) is 8.70. The van der Waals surface area contributed by atoms with Crippen LogP contribution in [0.2, 0.25) is 0 Å². The molecule has 1 amide bonds. The van der Waals surface area contributed by atoms with E-state index < -0.39 is 5.97 Å². The molecule has 0 fully saturated rings. The van der Waals surface area contributed by atoms with Crippen LogP contribution in [-0.2, 0) is 20.9 Å². The Bertz CT molecular complexity index is 1260. The Balaban J connectivity index is 1.44. The van der Waals surface area contributed by atoms with Gasteiger partial charge in [-0.1, -0.05) is 36.0 Å². The molecule has 3 aromatic rings. The van der Waals surface area contributed by atoms with E-state index in [1.807, 2.05) is 24.3 Å². The summed E-state index contributed by atoms with van der Waals surface area (Å²) in [5, 5.41) is 0.829. The lowest BCUT2D eigenvalue weighted by molar-refractivity contribution is -0.140. The molecular weight excluding hydrogens is 458 g/mol. The van der Waals surface area contributed by atoms with E-state index >= 15 is 0 Å². The van der Waals surface area contributed by atoms with E-state index in [1.165, 1.54) is 11.7 Å². The largest absolute Gasteiger partial charge is 0.486 e. The van der Waals surface area contributed by atoms with Crippen LogP contribution < -0.4 is 15.0 Å². The van der Waals surface area contributed by atoms with Gasteiger partial charge in [-0.25, -0.2) is 4.98 Å². The molecule has 1 aliphatic rings. The molecule has 0 aliphatic carbocycles. The maximum absolute atomic E-state index is 13.0. The number of amides is 1. The van der Waals surface area contributed by atoms with Gasteiger partial charge in [0.15, 0.2) is 22.8 Å². The van der Waals surface area contributed by atoms with E-state index in [0.717, 1.165) is 11.8 Å². The van der Waals surface area contributed by atoms with Gasteiger partial charge in [0.1, 0.15) is 6.61 Å². The topological polar surface area (TPSA) is 100.0 Å². The molecule has 1 aliphatic heterocycles. The van der Waals surface area contributed by atoms with E-state index in [-0.39, 0.29) is 36.3 Å². The van der Waals surface area contributed by atoms with E-state index in [0.29, 0.717) is 40.7 Å². The zero-order valence-corrected chi connectivity index (χ0v) is 19.7. The minimum atomic E-state index is -0.428. The van der Waals surface area contributed by atoms with Crippen molar-refractivity contribution in [2.45, 2.75) is 24.2 Å². The molecule has 0 saturated heterocycles. The van der Waals surface area contributed by atoms with Crippen molar-refractivity contribution in [2.75, 3.05) is 33.1 Å². The van der Waals surface area contributed by atoms with E-state index in [4.69, 9.17) is 14.2 Å². The van der Waals surface area contributed by atoms with Gasteiger partial charge in [0.2, 0.25) is 5.91 Å². The summed E-state index contributed by atoms with van der Waals surface area (Å²) < 4.78 is 17.8. The number of carbonyl (C=O) groups is 2. The molecule has 0 N–H and O–H groups in total. The normalized spacial score (nSPS) is 14.6. The number of hydrogen-bond acceptors (Lipinski definition) is 8. The molecule has 1 aromatic heterocycles. The Kier molecular flexibility index (Phi) is 7.36. The van der Waals surface area contributed by atoms with Crippen LogP contribution >= 0.6 is 11.8 Å². The SMILES string of the molecule is COC(=O)CCn1c(SCC(=O)N(C)CC2COc3ccccc3O2)nc2ccccc2c1=O. The van der Waals surface area contributed by atoms with E-state index in [9.17, 15) is 14.4 Å². The van der Waals surface area contributed by atoms with Gasteiger partial charge in [-0.3, -0.25) is 19.0 Å². The Morgan fingerprint density at radius 1 is 1.18 bits per heavy atom. The fourth-order valence-electron chi connectivity index (χ4n) is 3.56. The van der Waals surface area contributed by atoms with Gasteiger partial charge in [0, 0.05) is 13.6 Å². The van der Waals surface area contributed by atoms with Crippen molar-refractivity contribution in [3.05, 3.63) is 58.9 Å². The predicted molar refractivity (Wildman–Crippen MR) is 127 cm³/mol. The van der Waals surface area contributed by atoms with Crippen LogP contribution in [0.25, 0.3) is 10.9 Å². The number of fused-ring (bicyclic) bond motifs is 2. The van der Waals surface area contributed by atoms with Crippen molar-refractivity contribution < 1.29 is 23.8 Å². The monoisotopic (exact) mass is 483 g/mol. The fraction of sp³-hybridized carbons (Fsp3) is 0.333. The third-order valence-corrected chi connectivity index (χ3v) is 6.35. The summed E-state index contributed by atoms with van der Waals surface area (Å²) in [6, 6.07) is 14.4. The van der Waals surface area contributed by atoms with Gasteiger partial charge in [-0.05, 0) is 24.3 Å². The average molecular weight is 484 g/mol. The molecule has 4 rings (SSSR count). The molecule has 2 heterocycles. The first kappa shape index (κ1) is 23.6. The molecule has 0 radical (unpaired) electrons. The number of hydrogen-bond donors (Lipinski definition) is 0. The number of para-hydroxylation sites is 3. The van der Waals surface area contributed by atoms with Crippen molar-refractivity contribution in [3.8, 4) is 11.5 Å². The van der Waals surface area contributed by atoms with Crippen LogP contribution in [0.1, 0.15) is 6.42 Å². The Morgan fingerprint density at radius 2 is 1.91 bits per heavy atom. The minimum Gasteiger partial charge on any atom is -0.486 e. The van der Waals surface area contributed by atoms with Gasteiger partial charge in [-0.15, -0.1) is 0 Å². The first-order valence-electron chi connectivity index (χ1n) is 10.8. The maximum atomic E-state index is 13.0. The summed E-state index contributed by atoms with van der Waals surface area (Å²) in [5.74, 6) is 0.848. The van der Waals surface area contributed by atoms with Gasteiger partial charge >= 0.3 is 5.97 Å². The third-order valence-electron chi connectivity index (χ3n) is 5.39. The summed E-state index contributed by atoms with van der Waals surface area (Å²) in [6.45, 7) is 0.817. The highest BCUT2D eigenvalue weighted by molar-refractivity contribution is 7.99. The second-order valence-electron chi connectivity index (χ2n) is 7.75. The molecule has 178 valence electrons. The maximum Gasteiger partial charge on any atom is 0.307 e. The van der Waals surface area contributed by atoms with Crippen LogP contribution in [0, 0.1) is 0 Å². The Morgan fingerprint density at radius 3 is 2.71 bits per heavy atom. The smallest absolute Gasteiger partial charge is 0.307 e. The number of methoxy groups -OCH3 is 1. The van der Waals surface area contributed by atoms with Crippen molar-refractivity contribution in [3.63, 3.8) is 0 Å². The third kappa shape index (κ3) is 5.33. The molecule has 0 saturated carbocycles. The van der Waals surface area contributed by atoms with Gasteiger partial charge in [0.25, 0.3) is 5.56 Å². The van der Waals surface area contributed by atoms with Crippen LogP contribution in [0.3, 0.4) is 0 Å². The highest BCUT2D eigenvalue weighted by Crippen LogP contribution is 2.31. The highest BCUT2D eigenvalue weighted by atomic mass is 32.2. The molecular formula is C24H25N3O6S. The zero-order valence-electron chi connectivity index (χ0n) is 18.9. The first-order chi connectivity index (χ1) is 16.5. The van der Waals surface area contributed by atoms with Crippen LogP contribution in [-0.4, -0.2) is 65.5 Å². The lowest BCUT2D eigenvalue weighted by atomic mass is 10.2. The molecule has 10 heteroatoms. The molecule has 2 aromatic carbocycles. The number of rotatable bonds is 8. The van der Waals surface area contributed by atoms with Gasteiger partial charge in [-0.2, -0.15) is 0 Å². The van der Waals surface area contributed by atoms with Crippen LogP contribution in [0.5, 0.6) is 11.5 Å². The zero-order chi connectivity index (χ0) is 24.1. The Hall–Kier alpha value is -3.53. The number of aromatic nitrogens is 2. The summed E-state index contributed by atoms with van der Waals surface area (Å²) in [6.07, 6.45) is -0.260. The molecule has 0 spiro atoms. The van der Waals surface area contributed by atoms with Crippen molar-refractivity contribution in [1.82, 2.24) is 14.5 Å². The molecule has 1 unspecified atom stereocenters. The van der Waals surface area contributed by atoms with Crippen LogP contribution in [0.4, 0.5) is 0 Å². The van der Waals surface area contributed by atoms with Crippen molar-refractivity contribution in [2.24, 2.45) is 0 Å². The summed E-state index contributed by atoms with van der Waals surface area (Å²) in [7, 11) is 3.00. The standard InChI is InChI=1S/C24H25N3O6S/c1-26(13-16-14-32-19-9-5-6-10-20(19)33-16)21(28)15-34-24-25-18-8-4-3-7-17(18)23(30)27(24)12-11-22(29)31-2/h3-10,16H,11-15H2,1-2H3. The molecule has 0 bridgehead atoms. The summed E-state index contributed by atoms with van der Waals surface area (Å²) in [5.41, 5.74) is 0.278. The van der Waals surface area contributed by atoms with Crippen LogP contribution in [0.15, 0.2) is 58.5 Å². The lowest BCUT2D eigenvalue weighted by Crippen LogP contribution is -2.42. The number of ether oxygens (including phenoxy) is 3. The lowest BCUT2D eigenvalue weighted by Gasteiger charge is -2.29. The first-order valence-corrected chi connectivity index (χ1v) is 11.8. The summed E-state index contributed by atoms with van der Waals surface area (Å²) in [4.78, 5) is 43.6. The summed E-state index contributed by atoms with van der Waals surface area (Å²) >= 11 is 1.16. The number of benzene rings is 2. The number of esters is 1. The number of carbonyl (C=O) groups excluding carboxylic acids is 2. The minimum absolute atomic E-state index is 0.0261. The molecule has 34 heavy (non-hydrogen) atoms. The second kappa shape index (κ2) is 10.6. The Labute approximate surface area is 200 Å². The van der Waals surface area contributed by atoms with Crippen molar-refractivity contribution in [1.29, 1.82) is 0 Å². The number of nitrogens with zero attached hydrogens (tertiary/aromatic N) is 3.